The number of aromatic nitrogens is 1. The zero-order valence-electron chi connectivity index (χ0n) is 18.3. The number of amides is 1. The normalized spacial score (nSPS) is 11.0. The highest BCUT2D eigenvalue weighted by molar-refractivity contribution is 7.22. The molecule has 0 saturated carbocycles. The number of thiazole rings is 1. The molecule has 33 heavy (non-hydrogen) atoms. The molecule has 0 radical (unpaired) electrons. The van der Waals surface area contributed by atoms with Crippen molar-refractivity contribution in [3.05, 3.63) is 96.1 Å². The number of fused-ring (bicyclic) bond motifs is 2. The van der Waals surface area contributed by atoms with Crippen molar-refractivity contribution in [3.63, 3.8) is 0 Å². The maximum atomic E-state index is 14.0. The van der Waals surface area contributed by atoms with Crippen LogP contribution in [-0.2, 0) is 6.54 Å². The van der Waals surface area contributed by atoms with Gasteiger partial charge in [0.05, 0.1) is 20.8 Å². The van der Waals surface area contributed by atoms with Gasteiger partial charge < -0.3 is 9.47 Å². The third kappa shape index (κ3) is 3.90. The molecule has 5 aromatic rings. The number of rotatable bonds is 6. The summed E-state index contributed by atoms with van der Waals surface area (Å²) in [4.78, 5) is 20.6. The Morgan fingerprint density at radius 1 is 0.848 bits per heavy atom. The van der Waals surface area contributed by atoms with Gasteiger partial charge in [-0.2, -0.15) is 0 Å². The summed E-state index contributed by atoms with van der Waals surface area (Å²) in [7, 11) is 3.24. The number of nitrogens with zero attached hydrogens (tertiary/aromatic N) is 2. The van der Waals surface area contributed by atoms with Gasteiger partial charge in [0, 0.05) is 5.56 Å². The number of carbonyl (C=O) groups is 1. The molecule has 0 spiro atoms. The highest BCUT2D eigenvalue weighted by atomic mass is 32.1. The number of carbonyl (C=O) groups excluding carboxylic acids is 1. The predicted molar refractivity (Wildman–Crippen MR) is 134 cm³/mol. The van der Waals surface area contributed by atoms with Crippen LogP contribution in [0.15, 0.2) is 84.9 Å². The Bertz CT molecular complexity index is 1400. The van der Waals surface area contributed by atoms with E-state index in [1.54, 1.807) is 19.1 Å². The van der Waals surface area contributed by atoms with Crippen LogP contribution in [0.5, 0.6) is 11.5 Å². The maximum absolute atomic E-state index is 14.0. The Morgan fingerprint density at radius 3 is 2.33 bits per heavy atom. The molecule has 4 aromatic carbocycles. The topological polar surface area (TPSA) is 51.7 Å². The fraction of sp³-hybridized carbons (Fsp3) is 0.111. The molecule has 1 amide bonds. The van der Waals surface area contributed by atoms with Gasteiger partial charge in [0.1, 0.15) is 21.7 Å². The van der Waals surface area contributed by atoms with Crippen molar-refractivity contribution >= 4 is 43.4 Å². The minimum atomic E-state index is -0.104. The van der Waals surface area contributed by atoms with Crippen molar-refractivity contribution in [2.24, 2.45) is 0 Å². The summed E-state index contributed by atoms with van der Waals surface area (Å²) >= 11 is 1.42. The Morgan fingerprint density at radius 2 is 1.55 bits per heavy atom. The van der Waals surface area contributed by atoms with Crippen LogP contribution in [0.3, 0.4) is 0 Å². The van der Waals surface area contributed by atoms with Crippen molar-refractivity contribution in [1.29, 1.82) is 0 Å². The average Bonchev–Trinajstić information content (AvgIpc) is 3.32. The molecule has 0 saturated heterocycles. The lowest BCUT2D eigenvalue weighted by Crippen LogP contribution is -2.30. The van der Waals surface area contributed by atoms with Crippen molar-refractivity contribution in [3.8, 4) is 11.5 Å². The Labute approximate surface area is 195 Å². The van der Waals surface area contributed by atoms with Crippen LogP contribution in [-0.4, -0.2) is 25.1 Å². The second-order valence-electron chi connectivity index (χ2n) is 7.55. The molecule has 0 atom stereocenters. The van der Waals surface area contributed by atoms with Crippen LogP contribution in [0.25, 0.3) is 21.0 Å². The van der Waals surface area contributed by atoms with Gasteiger partial charge in [-0.3, -0.25) is 9.69 Å². The molecule has 0 N–H and O–H groups in total. The lowest BCUT2D eigenvalue weighted by molar-refractivity contribution is 0.0986. The summed E-state index contributed by atoms with van der Waals surface area (Å²) in [5.41, 5.74) is 2.34. The van der Waals surface area contributed by atoms with Crippen LogP contribution in [0, 0.1) is 0 Å². The summed E-state index contributed by atoms with van der Waals surface area (Å²) in [6.07, 6.45) is 0. The summed E-state index contributed by atoms with van der Waals surface area (Å²) in [5.74, 6) is 1.24. The molecule has 0 bridgehead atoms. The zero-order chi connectivity index (χ0) is 22.8. The van der Waals surface area contributed by atoms with Gasteiger partial charge in [-0.05, 0) is 34.5 Å². The zero-order valence-corrected chi connectivity index (χ0v) is 19.1. The van der Waals surface area contributed by atoms with Crippen molar-refractivity contribution in [1.82, 2.24) is 4.98 Å². The Kier molecular flexibility index (Phi) is 5.67. The lowest BCUT2D eigenvalue weighted by Gasteiger charge is -2.21. The van der Waals surface area contributed by atoms with Crippen molar-refractivity contribution in [2.75, 3.05) is 19.1 Å². The van der Waals surface area contributed by atoms with Gasteiger partial charge in [-0.25, -0.2) is 4.98 Å². The molecule has 0 aliphatic heterocycles. The molecule has 1 heterocycles. The second-order valence-corrected chi connectivity index (χ2v) is 8.53. The summed E-state index contributed by atoms with van der Waals surface area (Å²) in [5, 5.41) is 2.53. The third-order valence-corrected chi connectivity index (χ3v) is 6.67. The van der Waals surface area contributed by atoms with Crippen LogP contribution in [0.4, 0.5) is 5.13 Å². The standard InChI is InChI=1S/C27H22N2O3S/c1-31-22-15-16-23(32-2)25-24(22)28-27(33-25)29(17-18-9-4-3-5-10-18)26(30)21-14-8-12-19-11-6-7-13-20(19)21/h3-16H,17H2,1-2H3. The fourth-order valence-electron chi connectivity index (χ4n) is 3.94. The average molecular weight is 455 g/mol. The van der Waals surface area contributed by atoms with Crippen molar-refractivity contribution < 1.29 is 14.3 Å². The number of methoxy groups -OCH3 is 2. The number of hydrogen-bond acceptors (Lipinski definition) is 5. The Balaban J connectivity index is 1.67. The van der Waals surface area contributed by atoms with E-state index in [2.05, 4.69) is 0 Å². The van der Waals surface area contributed by atoms with E-state index < -0.39 is 0 Å². The smallest absolute Gasteiger partial charge is 0.261 e. The molecule has 0 aliphatic carbocycles. The number of anilines is 1. The van der Waals surface area contributed by atoms with Crippen molar-refractivity contribution in [2.45, 2.75) is 6.54 Å². The molecule has 0 fully saturated rings. The number of benzene rings is 4. The van der Waals surface area contributed by atoms with E-state index in [9.17, 15) is 4.79 Å². The predicted octanol–water partition coefficient (Wildman–Crippen LogP) is 6.31. The van der Waals surface area contributed by atoms with Crippen LogP contribution < -0.4 is 14.4 Å². The maximum Gasteiger partial charge on any atom is 0.261 e. The van der Waals surface area contributed by atoms with Gasteiger partial charge >= 0.3 is 0 Å². The molecular weight excluding hydrogens is 432 g/mol. The highest BCUT2D eigenvalue weighted by Gasteiger charge is 2.25. The van der Waals surface area contributed by atoms with Gasteiger partial charge in [-0.15, -0.1) is 0 Å². The largest absolute Gasteiger partial charge is 0.495 e. The molecule has 6 heteroatoms. The Hall–Kier alpha value is -3.90. The van der Waals surface area contributed by atoms with Gasteiger partial charge in [-0.1, -0.05) is 78.1 Å². The summed E-state index contributed by atoms with van der Waals surface area (Å²) < 4.78 is 11.9. The van der Waals surface area contributed by atoms with E-state index in [-0.39, 0.29) is 5.91 Å². The molecule has 5 nitrogen and oxygen atoms in total. The minimum absolute atomic E-state index is 0.104. The van der Waals surface area contributed by atoms with E-state index in [4.69, 9.17) is 14.5 Å². The summed E-state index contributed by atoms with van der Waals surface area (Å²) in [6, 6.07) is 27.4. The van der Waals surface area contributed by atoms with Crippen LogP contribution in [0.1, 0.15) is 15.9 Å². The van der Waals surface area contributed by atoms with E-state index in [0.717, 1.165) is 21.0 Å². The second kappa shape index (κ2) is 8.92. The first-order chi connectivity index (χ1) is 16.2. The quantitative estimate of drug-likeness (QED) is 0.302. The van der Waals surface area contributed by atoms with Gasteiger partial charge in [0.25, 0.3) is 5.91 Å². The first-order valence-electron chi connectivity index (χ1n) is 10.5. The van der Waals surface area contributed by atoms with E-state index >= 15 is 0 Å². The fourth-order valence-corrected chi connectivity index (χ4v) is 5.01. The van der Waals surface area contributed by atoms with E-state index in [1.807, 2.05) is 84.9 Å². The first kappa shape index (κ1) is 21.0. The van der Waals surface area contributed by atoms with Gasteiger partial charge in [0.15, 0.2) is 5.13 Å². The first-order valence-corrected chi connectivity index (χ1v) is 11.4. The molecule has 0 aliphatic rings. The molecule has 5 rings (SSSR count). The summed E-state index contributed by atoms with van der Waals surface area (Å²) in [6.45, 7) is 0.396. The minimum Gasteiger partial charge on any atom is -0.495 e. The lowest BCUT2D eigenvalue weighted by atomic mass is 10.0. The highest BCUT2D eigenvalue weighted by Crippen LogP contribution is 2.41. The SMILES string of the molecule is COc1ccc(OC)c2sc(N(Cc3ccccc3)C(=O)c3cccc4ccccc34)nc12. The van der Waals surface area contributed by atoms with Crippen LogP contribution >= 0.6 is 11.3 Å². The monoisotopic (exact) mass is 454 g/mol. The number of ether oxygens (including phenoxy) is 2. The molecule has 164 valence electrons. The van der Waals surface area contributed by atoms with E-state index in [0.29, 0.717) is 34.3 Å². The number of hydrogen-bond donors (Lipinski definition) is 0. The molecule has 0 unspecified atom stereocenters. The van der Waals surface area contributed by atoms with E-state index in [1.165, 1.54) is 11.3 Å². The van der Waals surface area contributed by atoms with Crippen LogP contribution in [0.2, 0.25) is 0 Å². The van der Waals surface area contributed by atoms with Gasteiger partial charge in [0.2, 0.25) is 0 Å². The molecule has 1 aromatic heterocycles. The molecular formula is C27H22N2O3S. The third-order valence-electron chi connectivity index (χ3n) is 5.58.